The van der Waals surface area contributed by atoms with Gasteiger partial charge in [-0.2, -0.15) is 0 Å². The summed E-state index contributed by atoms with van der Waals surface area (Å²) in [6.07, 6.45) is 0. The first-order chi connectivity index (χ1) is 8.59. The number of anilines is 1. The molecule has 6 nitrogen and oxygen atoms in total. The number of hydrogen-bond acceptors (Lipinski definition) is 4. The van der Waals surface area contributed by atoms with Crippen molar-refractivity contribution in [3.05, 3.63) is 29.8 Å². The van der Waals surface area contributed by atoms with Crippen LogP contribution in [0.5, 0.6) is 0 Å². The molecule has 1 aromatic rings. The highest BCUT2D eigenvalue weighted by atomic mass is 16.5. The maximum atomic E-state index is 11.3. The molecule has 0 saturated carbocycles. The molecular formula is C12H14N2O4. The zero-order chi connectivity index (χ0) is 13.1. The smallest absolute Gasteiger partial charge is 0.335 e. The number of hydrogen-bond donors (Lipinski definition) is 2. The largest absolute Gasteiger partial charge is 0.478 e. The lowest BCUT2D eigenvalue weighted by molar-refractivity contribution is -0.121. The monoisotopic (exact) mass is 250 g/mol. The van der Waals surface area contributed by atoms with Crippen molar-refractivity contribution in [1.82, 2.24) is 0 Å². The Labute approximate surface area is 104 Å². The van der Waals surface area contributed by atoms with Crippen molar-refractivity contribution in [3.8, 4) is 0 Å². The molecule has 0 aliphatic carbocycles. The van der Waals surface area contributed by atoms with Crippen LogP contribution in [0.1, 0.15) is 10.4 Å². The summed E-state index contributed by atoms with van der Waals surface area (Å²) >= 11 is 0. The Bertz CT molecular complexity index is 458. The maximum absolute atomic E-state index is 11.3. The van der Waals surface area contributed by atoms with Gasteiger partial charge in [-0.15, -0.1) is 0 Å². The number of carboxylic acids is 1. The predicted molar refractivity (Wildman–Crippen MR) is 64.5 cm³/mol. The van der Waals surface area contributed by atoms with Gasteiger partial charge < -0.3 is 20.5 Å². The van der Waals surface area contributed by atoms with Crippen LogP contribution < -0.4 is 10.6 Å². The SMILES string of the molecule is NC(=O)C1COCCN1c1ccc(C(=O)O)cc1. The number of primary amides is 1. The average Bonchev–Trinajstić information content (AvgIpc) is 2.39. The lowest BCUT2D eigenvalue weighted by atomic mass is 10.1. The fraction of sp³-hybridized carbons (Fsp3) is 0.333. The van der Waals surface area contributed by atoms with E-state index in [4.69, 9.17) is 15.6 Å². The Morgan fingerprint density at radius 1 is 1.33 bits per heavy atom. The van der Waals surface area contributed by atoms with E-state index in [-0.39, 0.29) is 12.2 Å². The molecule has 1 unspecified atom stereocenters. The van der Waals surface area contributed by atoms with Crippen LogP contribution in [0, 0.1) is 0 Å². The molecular weight excluding hydrogens is 236 g/mol. The van der Waals surface area contributed by atoms with Crippen LogP contribution in [0.4, 0.5) is 5.69 Å². The summed E-state index contributed by atoms with van der Waals surface area (Å²) in [6, 6.07) is 5.85. The van der Waals surface area contributed by atoms with Gasteiger partial charge >= 0.3 is 5.97 Å². The molecule has 1 saturated heterocycles. The minimum atomic E-state index is -0.977. The van der Waals surface area contributed by atoms with Crippen LogP contribution >= 0.6 is 0 Å². The second-order valence-corrected chi connectivity index (χ2v) is 4.04. The third kappa shape index (κ3) is 2.43. The summed E-state index contributed by atoms with van der Waals surface area (Å²) in [7, 11) is 0. The van der Waals surface area contributed by atoms with E-state index in [1.165, 1.54) is 12.1 Å². The van der Waals surface area contributed by atoms with Crippen LogP contribution in [0.15, 0.2) is 24.3 Å². The highest BCUT2D eigenvalue weighted by molar-refractivity contribution is 5.88. The van der Waals surface area contributed by atoms with Crippen LogP contribution in [0.2, 0.25) is 0 Å². The van der Waals surface area contributed by atoms with Gasteiger partial charge in [-0.1, -0.05) is 0 Å². The Morgan fingerprint density at radius 2 is 2.00 bits per heavy atom. The van der Waals surface area contributed by atoms with Gasteiger partial charge in [-0.25, -0.2) is 4.79 Å². The number of carbonyl (C=O) groups excluding carboxylic acids is 1. The summed E-state index contributed by atoms with van der Waals surface area (Å²) in [5, 5.41) is 8.82. The van der Waals surface area contributed by atoms with E-state index in [9.17, 15) is 9.59 Å². The van der Waals surface area contributed by atoms with E-state index in [0.717, 1.165) is 5.69 Å². The van der Waals surface area contributed by atoms with Gasteiger partial charge in [0.2, 0.25) is 5.91 Å². The number of amides is 1. The first kappa shape index (κ1) is 12.4. The number of rotatable bonds is 3. The van der Waals surface area contributed by atoms with Gasteiger partial charge in [-0.05, 0) is 24.3 Å². The zero-order valence-electron chi connectivity index (χ0n) is 9.70. The molecule has 18 heavy (non-hydrogen) atoms. The van der Waals surface area contributed by atoms with Crippen molar-refractivity contribution >= 4 is 17.6 Å². The molecule has 2 rings (SSSR count). The molecule has 1 aliphatic heterocycles. The Hall–Kier alpha value is -2.08. The second kappa shape index (κ2) is 5.05. The van der Waals surface area contributed by atoms with E-state index in [2.05, 4.69) is 0 Å². The molecule has 1 aromatic carbocycles. The average molecular weight is 250 g/mol. The fourth-order valence-corrected chi connectivity index (χ4v) is 1.94. The molecule has 1 amide bonds. The highest BCUT2D eigenvalue weighted by Crippen LogP contribution is 2.20. The zero-order valence-corrected chi connectivity index (χ0v) is 9.70. The molecule has 96 valence electrons. The number of carbonyl (C=O) groups is 2. The number of nitrogens with two attached hydrogens (primary N) is 1. The fourth-order valence-electron chi connectivity index (χ4n) is 1.94. The van der Waals surface area contributed by atoms with Crippen molar-refractivity contribution in [1.29, 1.82) is 0 Å². The molecule has 6 heteroatoms. The van der Waals surface area contributed by atoms with Crippen LogP contribution in [-0.2, 0) is 9.53 Å². The number of morpholine rings is 1. The molecule has 1 heterocycles. The van der Waals surface area contributed by atoms with Gasteiger partial charge in [0, 0.05) is 12.2 Å². The normalized spacial score (nSPS) is 19.6. The van der Waals surface area contributed by atoms with E-state index >= 15 is 0 Å². The lowest BCUT2D eigenvalue weighted by Crippen LogP contribution is -2.52. The Balaban J connectivity index is 2.23. The molecule has 0 aromatic heterocycles. The van der Waals surface area contributed by atoms with Crippen molar-refractivity contribution < 1.29 is 19.4 Å². The third-order valence-corrected chi connectivity index (χ3v) is 2.90. The number of carboxylic acid groups (broad SMARTS) is 1. The van der Waals surface area contributed by atoms with Crippen molar-refractivity contribution in [2.75, 3.05) is 24.7 Å². The lowest BCUT2D eigenvalue weighted by Gasteiger charge is -2.35. The number of benzene rings is 1. The Morgan fingerprint density at radius 3 is 2.56 bits per heavy atom. The Kier molecular flexibility index (Phi) is 3.47. The maximum Gasteiger partial charge on any atom is 0.335 e. The van der Waals surface area contributed by atoms with Crippen LogP contribution in [0.3, 0.4) is 0 Å². The minimum Gasteiger partial charge on any atom is -0.478 e. The minimum absolute atomic E-state index is 0.211. The molecule has 1 aliphatic rings. The summed E-state index contributed by atoms with van der Waals surface area (Å²) in [5.74, 6) is -1.42. The van der Waals surface area contributed by atoms with Gasteiger partial charge in [0.05, 0.1) is 18.8 Å². The van der Waals surface area contributed by atoms with E-state index in [1.54, 1.807) is 12.1 Å². The standard InChI is InChI=1S/C12H14N2O4/c13-11(15)10-7-18-6-5-14(10)9-3-1-8(2-4-9)12(16)17/h1-4,10H,5-7H2,(H2,13,15)(H,16,17). The molecule has 0 radical (unpaired) electrons. The quantitative estimate of drug-likeness (QED) is 0.792. The van der Waals surface area contributed by atoms with Gasteiger partial charge in [0.1, 0.15) is 6.04 Å². The van der Waals surface area contributed by atoms with Crippen LogP contribution in [0.25, 0.3) is 0 Å². The van der Waals surface area contributed by atoms with Crippen LogP contribution in [-0.4, -0.2) is 42.8 Å². The highest BCUT2D eigenvalue weighted by Gasteiger charge is 2.27. The van der Waals surface area contributed by atoms with Crippen molar-refractivity contribution in [2.45, 2.75) is 6.04 Å². The summed E-state index contributed by atoms with van der Waals surface area (Å²) < 4.78 is 5.22. The van der Waals surface area contributed by atoms with E-state index in [0.29, 0.717) is 13.2 Å². The van der Waals surface area contributed by atoms with E-state index in [1.807, 2.05) is 4.90 Å². The van der Waals surface area contributed by atoms with Gasteiger partial charge in [0.25, 0.3) is 0 Å². The summed E-state index contributed by atoms with van der Waals surface area (Å²) in [5.41, 5.74) is 6.30. The molecule has 1 fully saturated rings. The molecule has 1 atom stereocenters. The van der Waals surface area contributed by atoms with Gasteiger partial charge in [0.15, 0.2) is 0 Å². The van der Waals surface area contributed by atoms with Crippen molar-refractivity contribution in [3.63, 3.8) is 0 Å². The number of nitrogens with zero attached hydrogens (tertiary/aromatic N) is 1. The predicted octanol–water partition coefficient (Wildman–Crippen LogP) is 0.0753. The first-order valence-corrected chi connectivity index (χ1v) is 5.56. The van der Waals surface area contributed by atoms with Gasteiger partial charge in [-0.3, -0.25) is 4.79 Å². The third-order valence-electron chi connectivity index (χ3n) is 2.90. The second-order valence-electron chi connectivity index (χ2n) is 4.04. The van der Waals surface area contributed by atoms with E-state index < -0.39 is 17.9 Å². The molecule has 0 bridgehead atoms. The first-order valence-electron chi connectivity index (χ1n) is 5.56. The topological polar surface area (TPSA) is 92.9 Å². The summed E-state index contributed by atoms with van der Waals surface area (Å²) in [4.78, 5) is 23.9. The molecule has 0 spiro atoms. The number of aromatic carboxylic acids is 1. The van der Waals surface area contributed by atoms with Crippen molar-refractivity contribution in [2.24, 2.45) is 5.73 Å². The summed E-state index contributed by atoms with van der Waals surface area (Å²) in [6.45, 7) is 1.33. The molecule has 3 N–H and O–H groups in total. The number of ether oxygens (including phenoxy) is 1.